The monoisotopic (exact) mass is 262 g/mol. The molecule has 94 valence electrons. The molecule has 1 aromatic heterocycles. The van der Waals surface area contributed by atoms with Crippen LogP contribution in [0.15, 0.2) is 35.4 Å². The maximum absolute atomic E-state index is 10.6. The second-order valence-electron chi connectivity index (χ2n) is 4.00. The predicted molar refractivity (Wildman–Crippen MR) is 71.4 cm³/mol. The lowest BCUT2D eigenvalue weighted by Gasteiger charge is -2.08. The molecule has 1 heterocycles. The molecule has 0 saturated heterocycles. The number of aliphatic carboxylic acids is 1. The molecule has 0 unspecified atom stereocenters. The number of rotatable bonds is 4. The first-order valence-corrected chi connectivity index (χ1v) is 6.54. The van der Waals surface area contributed by atoms with Gasteiger partial charge in [-0.2, -0.15) is 5.10 Å². The number of aryl methyl sites for hydroxylation is 2. The molecule has 0 aliphatic rings. The molecule has 2 rings (SSSR count). The number of benzene rings is 1. The lowest BCUT2D eigenvalue weighted by atomic mass is 10.2. The van der Waals surface area contributed by atoms with E-state index in [0.29, 0.717) is 0 Å². The SMILES string of the molecule is Cc1cc(SCC(=O)O)n(-c2ccccc2C)n1. The highest BCUT2D eigenvalue weighted by atomic mass is 32.2. The Balaban J connectivity index is 2.38. The summed E-state index contributed by atoms with van der Waals surface area (Å²) >= 11 is 1.28. The molecule has 0 saturated carbocycles. The van der Waals surface area contributed by atoms with Crippen LogP contribution in [-0.2, 0) is 4.79 Å². The second-order valence-corrected chi connectivity index (χ2v) is 5.00. The summed E-state index contributed by atoms with van der Waals surface area (Å²) in [5.74, 6) is -0.785. The fourth-order valence-electron chi connectivity index (χ4n) is 1.69. The second kappa shape index (κ2) is 5.27. The number of hydrogen-bond donors (Lipinski definition) is 1. The lowest BCUT2D eigenvalue weighted by Crippen LogP contribution is -2.03. The molecular formula is C13H14N2O2S. The molecular weight excluding hydrogens is 248 g/mol. The van der Waals surface area contributed by atoms with Gasteiger partial charge in [-0.3, -0.25) is 4.79 Å². The summed E-state index contributed by atoms with van der Waals surface area (Å²) in [5, 5.41) is 14.0. The van der Waals surface area contributed by atoms with E-state index in [2.05, 4.69) is 5.10 Å². The summed E-state index contributed by atoms with van der Waals surface area (Å²) in [5.41, 5.74) is 2.97. The van der Waals surface area contributed by atoms with E-state index in [1.807, 2.05) is 44.2 Å². The van der Waals surface area contributed by atoms with E-state index in [4.69, 9.17) is 5.11 Å². The summed E-state index contributed by atoms with van der Waals surface area (Å²) in [4.78, 5) is 10.6. The normalized spacial score (nSPS) is 10.6. The number of carboxylic acids is 1. The van der Waals surface area contributed by atoms with Gasteiger partial charge in [0.2, 0.25) is 0 Å². The van der Waals surface area contributed by atoms with Crippen molar-refractivity contribution < 1.29 is 9.90 Å². The van der Waals surface area contributed by atoms with E-state index in [9.17, 15) is 4.79 Å². The van der Waals surface area contributed by atoms with Crippen molar-refractivity contribution >= 4 is 17.7 Å². The Bertz CT molecular complexity index is 578. The summed E-state index contributed by atoms with van der Waals surface area (Å²) in [6.45, 7) is 3.91. The highest BCUT2D eigenvalue weighted by Gasteiger charge is 2.11. The number of hydrogen-bond acceptors (Lipinski definition) is 3. The molecule has 0 bridgehead atoms. The van der Waals surface area contributed by atoms with Crippen molar-refractivity contribution in [1.82, 2.24) is 9.78 Å². The van der Waals surface area contributed by atoms with Gasteiger partial charge >= 0.3 is 5.97 Å². The number of carbonyl (C=O) groups is 1. The highest BCUT2D eigenvalue weighted by Crippen LogP contribution is 2.24. The minimum Gasteiger partial charge on any atom is -0.481 e. The van der Waals surface area contributed by atoms with Crippen molar-refractivity contribution in [2.24, 2.45) is 0 Å². The first kappa shape index (κ1) is 12.7. The zero-order valence-corrected chi connectivity index (χ0v) is 11.1. The van der Waals surface area contributed by atoms with Crippen molar-refractivity contribution in [3.05, 3.63) is 41.6 Å². The third-order valence-corrected chi connectivity index (χ3v) is 3.46. The maximum Gasteiger partial charge on any atom is 0.313 e. The molecule has 0 spiro atoms. The molecule has 0 fully saturated rings. The fraction of sp³-hybridized carbons (Fsp3) is 0.231. The Morgan fingerprint density at radius 2 is 2.11 bits per heavy atom. The number of aromatic nitrogens is 2. The number of nitrogens with zero attached hydrogens (tertiary/aromatic N) is 2. The molecule has 0 atom stereocenters. The van der Waals surface area contributed by atoms with Gasteiger partial charge in [0, 0.05) is 0 Å². The van der Waals surface area contributed by atoms with Crippen LogP contribution in [0, 0.1) is 13.8 Å². The minimum absolute atomic E-state index is 0.0387. The van der Waals surface area contributed by atoms with Gasteiger partial charge in [-0.1, -0.05) is 30.0 Å². The topological polar surface area (TPSA) is 55.1 Å². The van der Waals surface area contributed by atoms with Crippen molar-refractivity contribution in [3.8, 4) is 5.69 Å². The van der Waals surface area contributed by atoms with Crippen LogP contribution in [0.25, 0.3) is 5.69 Å². The third-order valence-electron chi connectivity index (χ3n) is 2.49. The van der Waals surface area contributed by atoms with Crippen LogP contribution in [0.4, 0.5) is 0 Å². The number of para-hydroxylation sites is 1. The molecule has 4 nitrogen and oxygen atoms in total. The van der Waals surface area contributed by atoms with Crippen molar-refractivity contribution in [2.75, 3.05) is 5.75 Å². The van der Waals surface area contributed by atoms with Gasteiger partial charge in [-0.25, -0.2) is 4.68 Å². The van der Waals surface area contributed by atoms with Gasteiger partial charge in [0.05, 0.1) is 17.1 Å². The third kappa shape index (κ3) is 2.73. The molecule has 2 aromatic rings. The summed E-state index contributed by atoms with van der Waals surface area (Å²) in [6, 6.07) is 9.81. The largest absolute Gasteiger partial charge is 0.481 e. The van der Waals surface area contributed by atoms with E-state index < -0.39 is 5.97 Å². The molecule has 0 radical (unpaired) electrons. The minimum atomic E-state index is -0.824. The van der Waals surface area contributed by atoms with E-state index in [1.54, 1.807) is 4.68 Å². The Morgan fingerprint density at radius 1 is 1.39 bits per heavy atom. The average molecular weight is 262 g/mol. The molecule has 1 aromatic carbocycles. The Morgan fingerprint density at radius 3 is 2.78 bits per heavy atom. The van der Waals surface area contributed by atoms with Crippen molar-refractivity contribution in [2.45, 2.75) is 18.9 Å². The first-order valence-electron chi connectivity index (χ1n) is 5.55. The quantitative estimate of drug-likeness (QED) is 0.861. The van der Waals surface area contributed by atoms with Crippen LogP contribution < -0.4 is 0 Å². The van der Waals surface area contributed by atoms with E-state index in [-0.39, 0.29) is 5.75 Å². The predicted octanol–water partition coefficient (Wildman–Crippen LogP) is 2.67. The lowest BCUT2D eigenvalue weighted by molar-refractivity contribution is -0.133. The Hall–Kier alpha value is -1.75. The van der Waals surface area contributed by atoms with Gasteiger partial charge in [0.15, 0.2) is 0 Å². The zero-order chi connectivity index (χ0) is 13.1. The van der Waals surface area contributed by atoms with Crippen LogP contribution in [0.2, 0.25) is 0 Å². The van der Waals surface area contributed by atoms with E-state index in [1.165, 1.54) is 11.8 Å². The molecule has 18 heavy (non-hydrogen) atoms. The van der Waals surface area contributed by atoms with Gasteiger partial charge < -0.3 is 5.11 Å². The number of thioether (sulfide) groups is 1. The van der Waals surface area contributed by atoms with Crippen LogP contribution in [0.1, 0.15) is 11.3 Å². The van der Waals surface area contributed by atoms with Gasteiger partial charge in [-0.15, -0.1) is 0 Å². The summed E-state index contributed by atoms with van der Waals surface area (Å²) < 4.78 is 1.80. The average Bonchev–Trinajstić information content (AvgIpc) is 2.68. The highest BCUT2D eigenvalue weighted by molar-refractivity contribution is 7.99. The van der Waals surface area contributed by atoms with Gasteiger partial charge in [0.1, 0.15) is 5.03 Å². The standard InChI is InChI=1S/C13H14N2O2S/c1-9-5-3-4-6-11(9)15-12(7-10(2)14-15)18-8-13(16)17/h3-7H,8H2,1-2H3,(H,16,17). The molecule has 0 aliphatic carbocycles. The van der Waals surface area contributed by atoms with Gasteiger partial charge in [0.25, 0.3) is 0 Å². The number of carboxylic acid groups (broad SMARTS) is 1. The van der Waals surface area contributed by atoms with E-state index in [0.717, 1.165) is 22.0 Å². The first-order chi connectivity index (χ1) is 8.58. The Labute approximate surface area is 110 Å². The Kier molecular flexibility index (Phi) is 3.72. The molecule has 5 heteroatoms. The fourth-order valence-corrected chi connectivity index (χ4v) is 2.47. The molecule has 0 amide bonds. The van der Waals surface area contributed by atoms with E-state index >= 15 is 0 Å². The summed E-state index contributed by atoms with van der Waals surface area (Å²) in [6.07, 6.45) is 0. The molecule has 0 aliphatic heterocycles. The van der Waals surface area contributed by atoms with Crippen LogP contribution in [0.3, 0.4) is 0 Å². The van der Waals surface area contributed by atoms with Crippen molar-refractivity contribution in [1.29, 1.82) is 0 Å². The molecule has 1 N–H and O–H groups in total. The summed E-state index contributed by atoms with van der Waals surface area (Å²) in [7, 11) is 0. The smallest absolute Gasteiger partial charge is 0.313 e. The zero-order valence-electron chi connectivity index (χ0n) is 10.3. The van der Waals surface area contributed by atoms with Crippen LogP contribution in [0.5, 0.6) is 0 Å². The van der Waals surface area contributed by atoms with Crippen LogP contribution in [-0.4, -0.2) is 26.6 Å². The maximum atomic E-state index is 10.6. The van der Waals surface area contributed by atoms with Crippen LogP contribution >= 0.6 is 11.8 Å². The van der Waals surface area contributed by atoms with Crippen molar-refractivity contribution in [3.63, 3.8) is 0 Å². The van der Waals surface area contributed by atoms with Gasteiger partial charge in [-0.05, 0) is 31.5 Å².